The number of rotatable bonds is 3. The summed E-state index contributed by atoms with van der Waals surface area (Å²) in [6.07, 6.45) is 0.0759. The molecule has 1 heterocycles. The highest BCUT2D eigenvalue weighted by molar-refractivity contribution is 5.79. The maximum Gasteiger partial charge on any atom is 0.227 e. The number of aliphatic hydroxyl groups excluding tert-OH is 1. The van der Waals surface area contributed by atoms with Gasteiger partial charge >= 0.3 is 0 Å². The van der Waals surface area contributed by atoms with Crippen molar-refractivity contribution < 1.29 is 14.6 Å². The van der Waals surface area contributed by atoms with Crippen LogP contribution < -0.4 is 5.73 Å². The highest BCUT2D eigenvalue weighted by Crippen LogP contribution is 2.11. The molecule has 1 unspecified atom stereocenters. The van der Waals surface area contributed by atoms with E-state index >= 15 is 0 Å². The van der Waals surface area contributed by atoms with E-state index < -0.39 is 0 Å². The molecule has 0 aromatic heterocycles. The molecule has 5 heteroatoms. The van der Waals surface area contributed by atoms with Gasteiger partial charge in [-0.05, 0) is 17.7 Å². The summed E-state index contributed by atoms with van der Waals surface area (Å²) in [5, 5.41) is 9.04. The van der Waals surface area contributed by atoms with Gasteiger partial charge < -0.3 is 20.5 Å². The lowest BCUT2D eigenvalue weighted by atomic mass is 10.1. The third-order valence-corrected chi connectivity index (χ3v) is 3.00. The second-order valence-electron chi connectivity index (χ2n) is 4.44. The van der Waals surface area contributed by atoms with Crippen LogP contribution in [0.3, 0.4) is 0 Å². The summed E-state index contributed by atoms with van der Waals surface area (Å²) >= 11 is 0. The van der Waals surface area contributed by atoms with Crippen LogP contribution in [-0.4, -0.2) is 48.3 Å². The number of hydrogen-bond donors (Lipinski definition) is 2. The summed E-state index contributed by atoms with van der Waals surface area (Å²) in [7, 11) is 0. The van der Waals surface area contributed by atoms with Crippen LogP contribution in [-0.2, 0) is 16.0 Å². The van der Waals surface area contributed by atoms with Crippen molar-refractivity contribution in [2.45, 2.75) is 12.5 Å². The second-order valence-corrected chi connectivity index (χ2v) is 4.44. The van der Waals surface area contributed by atoms with Gasteiger partial charge in [0, 0.05) is 18.8 Å². The van der Waals surface area contributed by atoms with Crippen LogP contribution in [0.15, 0.2) is 24.3 Å². The van der Waals surface area contributed by atoms with Gasteiger partial charge in [-0.1, -0.05) is 12.1 Å². The number of carbonyl (C=O) groups excluding carboxylic acids is 1. The Balaban J connectivity index is 1.95. The molecular weight excluding hydrogens is 232 g/mol. The molecule has 1 amide bonds. The molecule has 1 aliphatic rings. The van der Waals surface area contributed by atoms with E-state index in [1.165, 1.54) is 0 Å². The van der Waals surface area contributed by atoms with Crippen molar-refractivity contribution in [3.63, 3.8) is 0 Å². The van der Waals surface area contributed by atoms with Crippen molar-refractivity contribution >= 4 is 11.6 Å². The number of aliphatic hydroxyl groups is 1. The van der Waals surface area contributed by atoms with E-state index in [4.69, 9.17) is 15.6 Å². The fourth-order valence-corrected chi connectivity index (χ4v) is 2.05. The number of ether oxygens (including phenoxy) is 1. The maximum atomic E-state index is 12.1. The van der Waals surface area contributed by atoms with Crippen molar-refractivity contribution in [3.05, 3.63) is 29.8 Å². The predicted molar refractivity (Wildman–Crippen MR) is 68.0 cm³/mol. The number of nitrogen functional groups attached to an aromatic ring is 1. The molecule has 1 saturated heterocycles. The van der Waals surface area contributed by atoms with E-state index in [-0.39, 0.29) is 18.6 Å². The number of nitrogens with two attached hydrogens (primary N) is 1. The molecule has 0 spiro atoms. The highest BCUT2D eigenvalue weighted by atomic mass is 16.5. The Labute approximate surface area is 106 Å². The Bertz CT molecular complexity index is 422. The first-order chi connectivity index (χ1) is 8.69. The lowest BCUT2D eigenvalue weighted by molar-refractivity contribution is -0.139. The van der Waals surface area contributed by atoms with Crippen molar-refractivity contribution in [2.75, 3.05) is 32.0 Å². The molecule has 1 atom stereocenters. The van der Waals surface area contributed by atoms with Gasteiger partial charge in [0.05, 0.1) is 25.7 Å². The lowest BCUT2D eigenvalue weighted by Crippen LogP contribution is -2.47. The van der Waals surface area contributed by atoms with Crippen LogP contribution in [0.25, 0.3) is 0 Å². The van der Waals surface area contributed by atoms with Crippen LogP contribution in [0, 0.1) is 0 Å². The molecule has 1 aliphatic heterocycles. The summed E-state index contributed by atoms with van der Waals surface area (Å²) in [6, 6.07) is 7.33. The first-order valence-electron chi connectivity index (χ1n) is 6.03. The lowest BCUT2D eigenvalue weighted by Gasteiger charge is -2.32. The largest absolute Gasteiger partial charge is 0.399 e. The highest BCUT2D eigenvalue weighted by Gasteiger charge is 2.23. The molecule has 1 fully saturated rings. The first kappa shape index (κ1) is 12.9. The van der Waals surface area contributed by atoms with Gasteiger partial charge in [0.15, 0.2) is 0 Å². The second kappa shape index (κ2) is 5.84. The number of hydrogen-bond acceptors (Lipinski definition) is 4. The van der Waals surface area contributed by atoms with Crippen molar-refractivity contribution in [1.29, 1.82) is 0 Å². The molecule has 1 aromatic carbocycles. The molecule has 0 bridgehead atoms. The van der Waals surface area contributed by atoms with Gasteiger partial charge in [-0.25, -0.2) is 0 Å². The Morgan fingerprint density at radius 1 is 1.56 bits per heavy atom. The van der Waals surface area contributed by atoms with Gasteiger partial charge in [-0.15, -0.1) is 0 Å². The fourth-order valence-electron chi connectivity index (χ4n) is 2.05. The number of morpholine rings is 1. The summed E-state index contributed by atoms with van der Waals surface area (Å²) in [6.45, 7) is 1.46. The third-order valence-electron chi connectivity index (χ3n) is 3.00. The standard InChI is InChI=1S/C13H18N2O3/c14-11-3-1-2-10(6-11)7-13(17)15-4-5-18-12(8-15)9-16/h1-3,6,12,16H,4-5,7-9,14H2. The van der Waals surface area contributed by atoms with Crippen LogP contribution in [0.1, 0.15) is 5.56 Å². The molecule has 3 N–H and O–H groups in total. The summed E-state index contributed by atoms with van der Waals surface area (Å²) < 4.78 is 5.31. The molecule has 0 aliphatic carbocycles. The zero-order valence-electron chi connectivity index (χ0n) is 10.2. The smallest absolute Gasteiger partial charge is 0.227 e. The number of benzene rings is 1. The molecule has 0 radical (unpaired) electrons. The normalized spacial score (nSPS) is 19.8. The first-order valence-corrected chi connectivity index (χ1v) is 6.03. The van der Waals surface area contributed by atoms with Gasteiger partial charge in [0.1, 0.15) is 0 Å². The van der Waals surface area contributed by atoms with E-state index in [1.54, 1.807) is 11.0 Å². The monoisotopic (exact) mass is 250 g/mol. The summed E-state index contributed by atoms with van der Waals surface area (Å²) in [5.74, 6) is 0.0438. The van der Waals surface area contributed by atoms with Gasteiger partial charge in [0.2, 0.25) is 5.91 Å². The molecule has 0 saturated carbocycles. The molecule has 18 heavy (non-hydrogen) atoms. The van der Waals surface area contributed by atoms with Crippen LogP contribution >= 0.6 is 0 Å². The molecule has 2 rings (SSSR count). The molecule has 98 valence electrons. The Morgan fingerprint density at radius 2 is 2.39 bits per heavy atom. The van der Waals surface area contributed by atoms with E-state index in [0.29, 0.717) is 31.8 Å². The van der Waals surface area contributed by atoms with Crippen LogP contribution in [0.5, 0.6) is 0 Å². The predicted octanol–water partition coefficient (Wildman–Crippen LogP) is 0.0310. The Morgan fingerprint density at radius 3 is 3.11 bits per heavy atom. The van der Waals surface area contributed by atoms with Gasteiger partial charge in [-0.3, -0.25) is 4.79 Å². The van der Waals surface area contributed by atoms with E-state index in [2.05, 4.69) is 0 Å². The average Bonchev–Trinajstić information content (AvgIpc) is 2.39. The Hall–Kier alpha value is -1.59. The van der Waals surface area contributed by atoms with Crippen LogP contribution in [0.4, 0.5) is 5.69 Å². The minimum atomic E-state index is -0.261. The van der Waals surface area contributed by atoms with E-state index in [0.717, 1.165) is 5.56 Å². The van der Waals surface area contributed by atoms with E-state index in [1.807, 2.05) is 18.2 Å². The quantitative estimate of drug-likeness (QED) is 0.742. The molecule has 1 aromatic rings. The maximum absolute atomic E-state index is 12.1. The van der Waals surface area contributed by atoms with Gasteiger partial charge in [0.25, 0.3) is 0 Å². The number of amides is 1. The number of nitrogens with zero attached hydrogens (tertiary/aromatic N) is 1. The topological polar surface area (TPSA) is 75.8 Å². The minimum absolute atomic E-state index is 0.0438. The molecular formula is C13H18N2O3. The van der Waals surface area contributed by atoms with Crippen molar-refractivity contribution in [1.82, 2.24) is 4.90 Å². The van der Waals surface area contributed by atoms with E-state index in [9.17, 15) is 4.79 Å². The van der Waals surface area contributed by atoms with Crippen molar-refractivity contribution in [3.8, 4) is 0 Å². The zero-order chi connectivity index (χ0) is 13.0. The third kappa shape index (κ3) is 3.21. The zero-order valence-corrected chi connectivity index (χ0v) is 10.2. The van der Waals surface area contributed by atoms with Crippen LogP contribution in [0.2, 0.25) is 0 Å². The number of carbonyl (C=O) groups is 1. The molecule has 5 nitrogen and oxygen atoms in total. The summed E-state index contributed by atoms with van der Waals surface area (Å²) in [5.41, 5.74) is 7.25. The number of anilines is 1. The summed E-state index contributed by atoms with van der Waals surface area (Å²) in [4.78, 5) is 13.8. The average molecular weight is 250 g/mol. The Kier molecular flexibility index (Phi) is 4.17. The SMILES string of the molecule is Nc1cccc(CC(=O)N2CCOC(CO)C2)c1. The van der Waals surface area contributed by atoms with Gasteiger partial charge in [-0.2, -0.15) is 0 Å². The van der Waals surface area contributed by atoms with Crippen molar-refractivity contribution in [2.24, 2.45) is 0 Å². The fraction of sp³-hybridized carbons (Fsp3) is 0.462. The minimum Gasteiger partial charge on any atom is -0.399 e.